The Morgan fingerprint density at radius 3 is 1.72 bits per heavy atom. The molecule has 0 bridgehead atoms. The minimum atomic E-state index is -1.54. The van der Waals surface area contributed by atoms with E-state index in [1.165, 1.54) is 64.2 Å². The van der Waals surface area contributed by atoms with Crippen LogP contribution >= 0.6 is 0 Å². The molecule has 0 aromatic rings. The lowest BCUT2D eigenvalue weighted by Crippen LogP contribution is -2.59. The van der Waals surface area contributed by atoms with E-state index in [-0.39, 0.29) is 6.42 Å². The average molecular weight is 419 g/mol. The van der Waals surface area contributed by atoms with E-state index in [9.17, 15) is 20.1 Å². The number of hydrogen-bond acceptors (Lipinski definition) is 7. The molecular formula is C22H42O7. The minimum Gasteiger partial charge on any atom is -0.433 e. The second kappa shape index (κ2) is 16.0. The van der Waals surface area contributed by atoms with Crippen molar-refractivity contribution in [2.75, 3.05) is 6.61 Å². The number of aliphatic hydroxyl groups excluding tert-OH is 4. The Balaban J connectivity index is 2.00. The van der Waals surface area contributed by atoms with Gasteiger partial charge in [-0.25, -0.2) is 0 Å². The summed E-state index contributed by atoms with van der Waals surface area (Å²) in [5, 5.41) is 38.4. The van der Waals surface area contributed by atoms with Crippen molar-refractivity contribution in [3.8, 4) is 0 Å². The normalized spacial score (nSPS) is 27.1. The molecule has 29 heavy (non-hydrogen) atoms. The molecule has 0 aromatic heterocycles. The van der Waals surface area contributed by atoms with Gasteiger partial charge in [0.1, 0.15) is 24.4 Å². The second-order valence-corrected chi connectivity index (χ2v) is 8.18. The summed E-state index contributed by atoms with van der Waals surface area (Å²) < 4.78 is 10.2. The standard InChI is InChI=1S/C22H42O7/c1-2-3-4-5-6-7-8-9-10-11-12-13-14-15-18(24)29-22-21(27)20(26)19(25)17(16-23)28-22/h17,19-23,25-27H,2-16H2,1H3/t17-,19-,20+,21-,22+/m1/s1. The number of carbonyl (C=O) groups is 1. The van der Waals surface area contributed by atoms with Crippen LogP contribution in [0.2, 0.25) is 0 Å². The molecule has 1 saturated heterocycles. The number of ether oxygens (including phenoxy) is 2. The predicted molar refractivity (Wildman–Crippen MR) is 110 cm³/mol. The fourth-order valence-corrected chi connectivity index (χ4v) is 3.64. The number of rotatable bonds is 16. The van der Waals surface area contributed by atoms with Gasteiger partial charge in [0.05, 0.1) is 6.61 Å². The summed E-state index contributed by atoms with van der Waals surface area (Å²) in [7, 11) is 0. The molecule has 0 amide bonds. The van der Waals surface area contributed by atoms with E-state index in [2.05, 4.69) is 6.92 Å². The molecule has 7 nitrogen and oxygen atoms in total. The quantitative estimate of drug-likeness (QED) is 0.225. The van der Waals surface area contributed by atoms with E-state index in [1.54, 1.807) is 0 Å². The zero-order valence-electron chi connectivity index (χ0n) is 18.0. The van der Waals surface area contributed by atoms with Gasteiger partial charge in [-0.05, 0) is 6.42 Å². The number of hydrogen-bond donors (Lipinski definition) is 4. The Morgan fingerprint density at radius 2 is 1.24 bits per heavy atom. The van der Waals surface area contributed by atoms with Crippen molar-refractivity contribution in [2.24, 2.45) is 0 Å². The smallest absolute Gasteiger partial charge is 0.308 e. The topological polar surface area (TPSA) is 116 Å². The maximum Gasteiger partial charge on any atom is 0.308 e. The molecule has 1 heterocycles. The Morgan fingerprint density at radius 1 is 0.759 bits per heavy atom. The average Bonchev–Trinajstić information content (AvgIpc) is 2.71. The van der Waals surface area contributed by atoms with Gasteiger partial charge < -0.3 is 29.9 Å². The van der Waals surface area contributed by atoms with Crippen LogP contribution in [0.5, 0.6) is 0 Å². The molecule has 1 aliphatic heterocycles. The van der Waals surface area contributed by atoms with E-state index in [1.807, 2.05) is 0 Å². The van der Waals surface area contributed by atoms with E-state index in [4.69, 9.17) is 14.6 Å². The van der Waals surface area contributed by atoms with E-state index in [0.717, 1.165) is 12.8 Å². The highest BCUT2D eigenvalue weighted by molar-refractivity contribution is 5.69. The molecule has 0 aromatic carbocycles. The monoisotopic (exact) mass is 418 g/mol. The van der Waals surface area contributed by atoms with Crippen LogP contribution in [0.15, 0.2) is 0 Å². The number of esters is 1. The summed E-state index contributed by atoms with van der Waals surface area (Å²) in [5.41, 5.74) is 0. The molecule has 4 N–H and O–H groups in total. The number of carbonyl (C=O) groups excluding carboxylic acids is 1. The van der Waals surface area contributed by atoms with Gasteiger partial charge in [-0.2, -0.15) is 0 Å². The second-order valence-electron chi connectivity index (χ2n) is 8.18. The van der Waals surface area contributed by atoms with Gasteiger partial charge in [-0.3, -0.25) is 4.79 Å². The van der Waals surface area contributed by atoms with Crippen molar-refractivity contribution < 1.29 is 34.7 Å². The highest BCUT2D eigenvalue weighted by atomic mass is 16.7. The predicted octanol–water partition coefficient (Wildman–Crippen LogP) is 2.81. The van der Waals surface area contributed by atoms with Crippen LogP contribution in [0.25, 0.3) is 0 Å². The molecule has 1 rings (SSSR count). The molecule has 0 saturated carbocycles. The third-order valence-corrected chi connectivity index (χ3v) is 5.58. The Labute approximate surface area is 175 Å². The summed E-state index contributed by atoms with van der Waals surface area (Å²) in [6, 6.07) is 0. The van der Waals surface area contributed by atoms with Crippen LogP contribution in [-0.2, 0) is 14.3 Å². The number of unbranched alkanes of at least 4 members (excludes halogenated alkanes) is 12. The molecule has 1 aliphatic rings. The van der Waals surface area contributed by atoms with Gasteiger partial charge in [-0.15, -0.1) is 0 Å². The maximum atomic E-state index is 11.9. The lowest BCUT2D eigenvalue weighted by Gasteiger charge is -2.39. The maximum absolute atomic E-state index is 11.9. The highest BCUT2D eigenvalue weighted by Gasteiger charge is 2.45. The largest absolute Gasteiger partial charge is 0.433 e. The molecule has 5 atom stereocenters. The van der Waals surface area contributed by atoms with Gasteiger partial charge in [0.25, 0.3) is 0 Å². The first-order valence-corrected chi connectivity index (χ1v) is 11.5. The van der Waals surface area contributed by atoms with Gasteiger partial charge in [0.15, 0.2) is 0 Å². The molecule has 7 heteroatoms. The first-order chi connectivity index (χ1) is 14.0. The van der Waals surface area contributed by atoms with Crippen LogP contribution < -0.4 is 0 Å². The third kappa shape index (κ3) is 10.7. The van der Waals surface area contributed by atoms with E-state index in [0.29, 0.717) is 6.42 Å². The molecule has 0 aliphatic carbocycles. The first kappa shape index (κ1) is 26.3. The molecule has 172 valence electrons. The van der Waals surface area contributed by atoms with Gasteiger partial charge >= 0.3 is 5.97 Å². The van der Waals surface area contributed by atoms with E-state index < -0.39 is 43.3 Å². The van der Waals surface area contributed by atoms with Crippen molar-refractivity contribution >= 4 is 5.97 Å². The van der Waals surface area contributed by atoms with Gasteiger partial charge in [0.2, 0.25) is 6.29 Å². The summed E-state index contributed by atoms with van der Waals surface area (Å²) in [4.78, 5) is 11.9. The lowest BCUT2D eigenvalue weighted by atomic mass is 9.99. The van der Waals surface area contributed by atoms with E-state index >= 15 is 0 Å². The Hall–Kier alpha value is -0.730. The SMILES string of the molecule is CCCCCCCCCCCCCCCC(=O)O[C@@H]1O[C@H](CO)[C@@H](O)[C@H](O)[C@H]1O. The van der Waals surface area contributed by atoms with Crippen LogP contribution in [0.4, 0.5) is 0 Å². The summed E-state index contributed by atoms with van der Waals surface area (Å²) >= 11 is 0. The number of aliphatic hydroxyl groups is 4. The van der Waals surface area contributed by atoms with Crippen LogP contribution in [-0.4, -0.2) is 63.7 Å². The molecular weight excluding hydrogens is 376 g/mol. The van der Waals surface area contributed by atoms with Crippen molar-refractivity contribution in [1.29, 1.82) is 0 Å². The zero-order chi connectivity index (χ0) is 21.5. The Bertz CT molecular complexity index is 416. The van der Waals surface area contributed by atoms with Crippen molar-refractivity contribution in [2.45, 2.75) is 128 Å². The van der Waals surface area contributed by atoms with Crippen molar-refractivity contribution in [1.82, 2.24) is 0 Å². The summed E-state index contributed by atoms with van der Waals surface area (Å²) in [6.45, 7) is 1.70. The summed E-state index contributed by atoms with van der Waals surface area (Å²) in [6.07, 6.45) is 9.10. The van der Waals surface area contributed by atoms with Crippen LogP contribution in [0, 0.1) is 0 Å². The summed E-state index contributed by atoms with van der Waals surface area (Å²) in [5.74, 6) is -0.516. The minimum absolute atomic E-state index is 0.215. The van der Waals surface area contributed by atoms with Gasteiger partial charge in [0, 0.05) is 6.42 Å². The van der Waals surface area contributed by atoms with Crippen molar-refractivity contribution in [3.63, 3.8) is 0 Å². The third-order valence-electron chi connectivity index (χ3n) is 5.58. The molecule has 0 spiro atoms. The van der Waals surface area contributed by atoms with Crippen molar-refractivity contribution in [3.05, 3.63) is 0 Å². The zero-order valence-corrected chi connectivity index (χ0v) is 18.0. The first-order valence-electron chi connectivity index (χ1n) is 11.5. The van der Waals surface area contributed by atoms with Crippen LogP contribution in [0.3, 0.4) is 0 Å². The molecule has 0 unspecified atom stereocenters. The Kier molecular flexibility index (Phi) is 14.5. The highest BCUT2D eigenvalue weighted by Crippen LogP contribution is 2.22. The fraction of sp³-hybridized carbons (Fsp3) is 0.955. The molecule has 0 radical (unpaired) electrons. The lowest BCUT2D eigenvalue weighted by molar-refractivity contribution is -0.292. The van der Waals surface area contributed by atoms with Crippen LogP contribution in [0.1, 0.15) is 96.8 Å². The van der Waals surface area contributed by atoms with Gasteiger partial charge in [-0.1, -0.05) is 84.0 Å². The molecule has 1 fully saturated rings. The fourth-order valence-electron chi connectivity index (χ4n) is 3.64.